The van der Waals surface area contributed by atoms with Crippen LogP contribution in [0.1, 0.15) is 48.8 Å². The minimum atomic E-state index is -0.837. The highest BCUT2D eigenvalue weighted by molar-refractivity contribution is 6.08. The molecular formula is C29H29FN6O6. The lowest BCUT2D eigenvalue weighted by atomic mass is 10.0. The number of benzene rings is 1. The first-order valence-corrected chi connectivity index (χ1v) is 13.5. The summed E-state index contributed by atoms with van der Waals surface area (Å²) in [6.07, 6.45) is 0.736. The van der Waals surface area contributed by atoms with Crippen LogP contribution in [-0.2, 0) is 20.8 Å². The van der Waals surface area contributed by atoms with Gasteiger partial charge in [-0.05, 0) is 39.0 Å². The van der Waals surface area contributed by atoms with Crippen molar-refractivity contribution in [3.63, 3.8) is 0 Å². The molecule has 0 aliphatic carbocycles. The van der Waals surface area contributed by atoms with Crippen molar-refractivity contribution in [3.05, 3.63) is 59.2 Å². The van der Waals surface area contributed by atoms with E-state index in [1.807, 2.05) is 11.0 Å². The molecule has 218 valence electrons. The van der Waals surface area contributed by atoms with E-state index in [-0.39, 0.29) is 53.5 Å². The van der Waals surface area contributed by atoms with E-state index in [0.29, 0.717) is 25.3 Å². The highest BCUT2D eigenvalue weighted by atomic mass is 19.1. The second kappa shape index (κ2) is 10.2. The molecule has 0 unspecified atom stereocenters. The summed E-state index contributed by atoms with van der Waals surface area (Å²) in [5, 5.41) is 24.1. The number of carbonyl (C=O) groups is 2. The minimum Gasteiger partial charge on any atom is -0.443 e. The fourth-order valence-corrected chi connectivity index (χ4v) is 5.33. The van der Waals surface area contributed by atoms with Crippen molar-refractivity contribution in [1.29, 1.82) is 5.26 Å². The molecule has 2 aromatic heterocycles. The first-order chi connectivity index (χ1) is 20.0. The summed E-state index contributed by atoms with van der Waals surface area (Å²) in [4.78, 5) is 34.0. The van der Waals surface area contributed by atoms with E-state index in [1.165, 1.54) is 28.9 Å². The molecule has 1 N–H and O–H groups in total. The lowest BCUT2D eigenvalue weighted by Gasteiger charge is -2.35. The second-order valence-electron chi connectivity index (χ2n) is 11.5. The number of pyridine rings is 1. The molecule has 42 heavy (non-hydrogen) atoms. The van der Waals surface area contributed by atoms with Crippen molar-refractivity contribution in [2.45, 2.75) is 51.2 Å². The van der Waals surface area contributed by atoms with Gasteiger partial charge in [0.2, 0.25) is 0 Å². The largest absolute Gasteiger partial charge is 0.443 e. The van der Waals surface area contributed by atoms with Crippen LogP contribution in [0.3, 0.4) is 0 Å². The van der Waals surface area contributed by atoms with Gasteiger partial charge in [0.05, 0.1) is 66.1 Å². The Bertz CT molecular complexity index is 1620. The van der Waals surface area contributed by atoms with Gasteiger partial charge in [-0.1, -0.05) is 6.07 Å². The summed E-state index contributed by atoms with van der Waals surface area (Å²) < 4.78 is 33.6. The van der Waals surface area contributed by atoms with Crippen molar-refractivity contribution < 1.29 is 33.3 Å². The van der Waals surface area contributed by atoms with Gasteiger partial charge in [-0.2, -0.15) is 10.4 Å². The predicted octanol–water partition coefficient (Wildman–Crippen LogP) is 3.15. The topological polar surface area (TPSA) is 143 Å². The summed E-state index contributed by atoms with van der Waals surface area (Å²) >= 11 is 0. The number of fused-ring (bicyclic) bond motifs is 1. The highest BCUT2D eigenvalue weighted by Crippen LogP contribution is 2.36. The number of aromatic nitrogens is 3. The quantitative estimate of drug-likeness (QED) is 0.494. The van der Waals surface area contributed by atoms with E-state index < -0.39 is 35.3 Å². The van der Waals surface area contributed by atoms with Crippen LogP contribution < -0.4 is 4.90 Å². The van der Waals surface area contributed by atoms with Crippen molar-refractivity contribution in [3.8, 4) is 23.0 Å². The number of nitrogens with zero attached hydrogens (tertiary/aromatic N) is 6. The fourth-order valence-electron chi connectivity index (χ4n) is 5.33. The number of halogens is 1. The molecule has 0 saturated carbocycles. The SMILES string of the molecule is CC(C)(C)OC(=O)N1Cc2nc(-c3c(F)cccc3C#N)cc(-n3ccc(N4CC[C@]5(C4)OC[C@H](O)CO5)n3)c2C1=O. The Kier molecular flexibility index (Phi) is 6.72. The molecule has 13 heteroatoms. The zero-order valence-electron chi connectivity index (χ0n) is 23.3. The number of amides is 2. The molecule has 2 fully saturated rings. The molecule has 0 bridgehead atoms. The van der Waals surface area contributed by atoms with Gasteiger partial charge in [0, 0.05) is 25.2 Å². The molecule has 12 nitrogen and oxygen atoms in total. The number of nitriles is 1. The van der Waals surface area contributed by atoms with Crippen LogP contribution in [0.15, 0.2) is 36.5 Å². The van der Waals surface area contributed by atoms with Crippen LogP contribution >= 0.6 is 0 Å². The van der Waals surface area contributed by atoms with E-state index >= 15 is 4.39 Å². The molecule has 1 aromatic carbocycles. The van der Waals surface area contributed by atoms with E-state index in [1.54, 1.807) is 33.0 Å². The number of hydrogen-bond donors (Lipinski definition) is 1. The fraction of sp³-hybridized carbons (Fsp3) is 0.414. The van der Waals surface area contributed by atoms with Crippen molar-refractivity contribution >= 4 is 17.8 Å². The summed E-state index contributed by atoms with van der Waals surface area (Å²) in [7, 11) is 0. The molecule has 2 saturated heterocycles. The average molecular weight is 577 g/mol. The molecule has 0 atom stereocenters. The number of aliphatic hydroxyl groups is 1. The maximum atomic E-state index is 15.1. The van der Waals surface area contributed by atoms with Gasteiger partial charge >= 0.3 is 6.09 Å². The third kappa shape index (κ3) is 4.98. The van der Waals surface area contributed by atoms with Gasteiger partial charge < -0.3 is 24.2 Å². The highest BCUT2D eigenvalue weighted by Gasteiger charge is 2.44. The van der Waals surface area contributed by atoms with Crippen LogP contribution in [0.25, 0.3) is 16.9 Å². The number of imide groups is 1. The first-order valence-electron chi connectivity index (χ1n) is 13.5. The molecule has 0 radical (unpaired) electrons. The van der Waals surface area contributed by atoms with Crippen LogP contribution in [0.4, 0.5) is 15.0 Å². The lowest BCUT2D eigenvalue weighted by Crippen LogP contribution is -2.48. The van der Waals surface area contributed by atoms with Gasteiger partial charge in [0.1, 0.15) is 17.5 Å². The van der Waals surface area contributed by atoms with Crippen LogP contribution in [0.5, 0.6) is 0 Å². The number of carbonyl (C=O) groups excluding carboxylic acids is 2. The van der Waals surface area contributed by atoms with Gasteiger partial charge in [0.15, 0.2) is 11.6 Å². The Balaban J connectivity index is 1.40. The van der Waals surface area contributed by atoms with E-state index in [2.05, 4.69) is 4.98 Å². The maximum Gasteiger partial charge on any atom is 0.417 e. The minimum absolute atomic E-state index is 0.0186. The summed E-state index contributed by atoms with van der Waals surface area (Å²) in [6, 6.07) is 9.39. The average Bonchev–Trinajstić information content (AvgIpc) is 3.67. The van der Waals surface area contributed by atoms with Crippen LogP contribution in [0, 0.1) is 17.1 Å². The Morgan fingerprint density at radius 3 is 2.71 bits per heavy atom. The smallest absolute Gasteiger partial charge is 0.417 e. The molecule has 3 aliphatic rings. The Labute approximate surface area is 240 Å². The molecule has 6 rings (SSSR count). The third-order valence-corrected chi connectivity index (χ3v) is 7.26. The monoisotopic (exact) mass is 576 g/mol. The van der Waals surface area contributed by atoms with Crippen LogP contribution in [-0.4, -0.2) is 80.6 Å². The Hall–Kier alpha value is -4.38. The third-order valence-electron chi connectivity index (χ3n) is 7.26. The number of aliphatic hydroxyl groups excluding tert-OH is 1. The van der Waals surface area contributed by atoms with Gasteiger partial charge in [-0.25, -0.2) is 23.8 Å². The number of anilines is 1. The standard InChI is InChI=1S/C29H29FN6O6/c1-28(2,3)42-27(39)35-13-21-25(26(35)38)22(11-20(32-21)24-17(12-31)5-4-6-19(24)30)36-9-7-23(33-36)34-10-8-29(16-34)40-14-18(37)15-41-29/h4-7,9,11,18,37H,8,10,13-16H2,1-3H3/t18-,29-. The zero-order chi connectivity index (χ0) is 29.8. The normalized spacial score (nSPS) is 22.0. The molecule has 5 heterocycles. The molecule has 3 aliphatic heterocycles. The zero-order valence-corrected chi connectivity index (χ0v) is 23.3. The molecule has 2 amide bonds. The number of rotatable bonds is 3. The predicted molar refractivity (Wildman–Crippen MR) is 145 cm³/mol. The summed E-state index contributed by atoms with van der Waals surface area (Å²) in [5.74, 6) is -1.53. The lowest BCUT2D eigenvalue weighted by molar-refractivity contribution is -0.280. The molecular weight excluding hydrogens is 547 g/mol. The van der Waals surface area contributed by atoms with E-state index in [9.17, 15) is 20.0 Å². The van der Waals surface area contributed by atoms with Crippen molar-refractivity contribution in [2.75, 3.05) is 31.2 Å². The number of hydrogen-bond acceptors (Lipinski definition) is 10. The van der Waals surface area contributed by atoms with E-state index in [0.717, 1.165) is 4.90 Å². The Morgan fingerprint density at radius 2 is 2.00 bits per heavy atom. The first kappa shape index (κ1) is 27.8. The molecule has 1 spiro atoms. The van der Waals surface area contributed by atoms with E-state index in [4.69, 9.17) is 19.3 Å². The Morgan fingerprint density at radius 1 is 1.24 bits per heavy atom. The van der Waals surface area contributed by atoms with Gasteiger partial charge in [-0.15, -0.1) is 0 Å². The van der Waals surface area contributed by atoms with Gasteiger partial charge in [-0.3, -0.25) is 4.79 Å². The van der Waals surface area contributed by atoms with Gasteiger partial charge in [0.25, 0.3) is 5.91 Å². The second-order valence-corrected chi connectivity index (χ2v) is 11.5. The summed E-state index contributed by atoms with van der Waals surface area (Å²) in [5.41, 5.74) is -0.0394. The van der Waals surface area contributed by atoms with Crippen molar-refractivity contribution in [1.82, 2.24) is 19.7 Å². The number of ether oxygens (including phenoxy) is 3. The van der Waals surface area contributed by atoms with Crippen LogP contribution in [0.2, 0.25) is 0 Å². The van der Waals surface area contributed by atoms with Crippen molar-refractivity contribution in [2.24, 2.45) is 0 Å². The summed E-state index contributed by atoms with van der Waals surface area (Å²) in [6.45, 7) is 6.24. The maximum absolute atomic E-state index is 15.1. The molecule has 3 aromatic rings.